The maximum absolute atomic E-state index is 12.5. The molecule has 2 aromatic heterocycles. The number of methoxy groups -OCH3 is 1. The van der Waals surface area contributed by atoms with Crippen LogP contribution in [-0.2, 0) is 18.4 Å². The number of anilines is 1. The minimum Gasteiger partial charge on any atom is -0.378 e. The molecule has 0 radical (unpaired) electrons. The van der Waals surface area contributed by atoms with Gasteiger partial charge in [-0.3, -0.25) is 9.48 Å². The molecule has 0 atom stereocenters. The quantitative estimate of drug-likeness (QED) is 0.775. The number of nitrogens with one attached hydrogen (secondary N) is 1. The molecule has 0 unspecified atom stereocenters. The lowest BCUT2D eigenvalue weighted by Crippen LogP contribution is -2.13. The molecule has 7 heteroatoms. The molecule has 0 aliphatic heterocycles. The summed E-state index contributed by atoms with van der Waals surface area (Å²) in [6.07, 6.45) is 3.49. The van der Waals surface area contributed by atoms with Gasteiger partial charge in [-0.1, -0.05) is 0 Å². The highest BCUT2D eigenvalue weighted by molar-refractivity contribution is 6.04. The molecule has 0 saturated heterocycles. The maximum atomic E-state index is 12.5. The summed E-state index contributed by atoms with van der Waals surface area (Å²) >= 11 is 0. The first-order chi connectivity index (χ1) is 12.0. The Labute approximate surface area is 146 Å². The van der Waals surface area contributed by atoms with Crippen LogP contribution < -0.4 is 5.32 Å². The molecule has 1 amide bonds. The standard InChI is InChI=1S/C18H21N5O2/c1-12-13(2)23(11-19-12)15-7-5-14(6-8-15)20-18(24)16-9-22(3)21-17(16)10-25-4/h5-9,11H,10H2,1-4H3,(H,20,24). The number of ether oxygens (including phenoxy) is 1. The fourth-order valence-corrected chi connectivity index (χ4v) is 2.63. The van der Waals surface area contributed by atoms with Crippen molar-refractivity contribution in [1.82, 2.24) is 19.3 Å². The predicted octanol–water partition coefficient (Wildman–Crippen LogP) is 2.62. The monoisotopic (exact) mass is 339 g/mol. The summed E-state index contributed by atoms with van der Waals surface area (Å²) in [5.74, 6) is -0.206. The van der Waals surface area contributed by atoms with E-state index < -0.39 is 0 Å². The molecule has 1 N–H and O–H groups in total. The molecule has 0 fully saturated rings. The van der Waals surface area contributed by atoms with Gasteiger partial charge in [0, 0.05) is 37.4 Å². The molecule has 25 heavy (non-hydrogen) atoms. The fourth-order valence-electron chi connectivity index (χ4n) is 2.63. The van der Waals surface area contributed by atoms with E-state index in [-0.39, 0.29) is 5.91 Å². The Balaban J connectivity index is 1.77. The van der Waals surface area contributed by atoms with Crippen LogP contribution in [0.5, 0.6) is 0 Å². The highest BCUT2D eigenvalue weighted by atomic mass is 16.5. The number of aromatic nitrogens is 4. The van der Waals surface area contributed by atoms with E-state index in [2.05, 4.69) is 15.4 Å². The zero-order valence-electron chi connectivity index (χ0n) is 14.8. The van der Waals surface area contributed by atoms with Crippen LogP contribution >= 0.6 is 0 Å². The second kappa shape index (κ2) is 6.90. The lowest BCUT2D eigenvalue weighted by atomic mass is 10.2. The van der Waals surface area contributed by atoms with E-state index in [1.807, 2.05) is 42.7 Å². The van der Waals surface area contributed by atoms with Crippen molar-refractivity contribution in [3.8, 4) is 5.69 Å². The first-order valence-electron chi connectivity index (χ1n) is 7.93. The van der Waals surface area contributed by atoms with E-state index in [1.54, 1.807) is 31.4 Å². The smallest absolute Gasteiger partial charge is 0.259 e. The average molecular weight is 339 g/mol. The Kier molecular flexibility index (Phi) is 4.67. The summed E-state index contributed by atoms with van der Waals surface area (Å²) in [4.78, 5) is 16.8. The maximum Gasteiger partial charge on any atom is 0.259 e. The molecular weight excluding hydrogens is 318 g/mol. The van der Waals surface area contributed by atoms with Crippen molar-refractivity contribution >= 4 is 11.6 Å². The number of benzene rings is 1. The molecule has 130 valence electrons. The Morgan fingerprint density at radius 3 is 2.56 bits per heavy atom. The van der Waals surface area contributed by atoms with Crippen molar-refractivity contribution in [2.75, 3.05) is 12.4 Å². The summed E-state index contributed by atoms with van der Waals surface area (Å²) in [6.45, 7) is 4.30. The van der Waals surface area contributed by atoms with Crippen molar-refractivity contribution in [2.24, 2.45) is 7.05 Å². The molecule has 2 heterocycles. The summed E-state index contributed by atoms with van der Waals surface area (Å²) in [7, 11) is 3.36. The molecular formula is C18H21N5O2. The van der Waals surface area contributed by atoms with Gasteiger partial charge in [0.1, 0.15) is 5.69 Å². The van der Waals surface area contributed by atoms with Gasteiger partial charge < -0.3 is 14.6 Å². The van der Waals surface area contributed by atoms with Crippen molar-refractivity contribution in [3.05, 3.63) is 59.4 Å². The van der Waals surface area contributed by atoms with E-state index in [1.165, 1.54) is 0 Å². The first kappa shape index (κ1) is 16.9. The van der Waals surface area contributed by atoms with Gasteiger partial charge in [0.15, 0.2) is 0 Å². The zero-order valence-corrected chi connectivity index (χ0v) is 14.8. The third-order valence-corrected chi connectivity index (χ3v) is 4.09. The number of nitrogens with zero attached hydrogens (tertiary/aromatic N) is 4. The summed E-state index contributed by atoms with van der Waals surface area (Å²) in [5, 5.41) is 7.15. The van der Waals surface area contributed by atoms with Crippen molar-refractivity contribution in [2.45, 2.75) is 20.5 Å². The van der Waals surface area contributed by atoms with Crippen LogP contribution in [0.15, 0.2) is 36.8 Å². The Morgan fingerprint density at radius 1 is 1.24 bits per heavy atom. The van der Waals surface area contributed by atoms with Gasteiger partial charge in [-0.2, -0.15) is 5.10 Å². The lowest BCUT2D eigenvalue weighted by Gasteiger charge is -2.08. The highest BCUT2D eigenvalue weighted by Crippen LogP contribution is 2.18. The average Bonchev–Trinajstić information content (AvgIpc) is 3.12. The molecule has 0 saturated carbocycles. The van der Waals surface area contributed by atoms with Crippen LogP contribution in [0.1, 0.15) is 27.4 Å². The van der Waals surface area contributed by atoms with Gasteiger partial charge in [0.2, 0.25) is 0 Å². The number of carbonyl (C=O) groups excluding carboxylic acids is 1. The molecule has 0 bridgehead atoms. The van der Waals surface area contributed by atoms with Crippen LogP contribution in [0.3, 0.4) is 0 Å². The van der Waals surface area contributed by atoms with Gasteiger partial charge in [-0.15, -0.1) is 0 Å². The van der Waals surface area contributed by atoms with E-state index in [0.29, 0.717) is 17.9 Å². The van der Waals surface area contributed by atoms with Gasteiger partial charge >= 0.3 is 0 Å². The second-order valence-electron chi connectivity index (χ2n) is 5.88. The van der Waals surface area contributed by atoms with E-state index >= 15 is 0 Å². The number of carbonyl (C=O) groups is 1. The highest BCUT2D eigenvalue weighted by Gasteiger charge is 2.15. The summed E-state index contributed by atoms with van der Waals surface area (Å²) in [6, 6.07) is 7.63. The number of hydrogen-bond acceptors (Lipinski definition) is 4. The first-order valence-corrected chi connectivity index (χ1v) is 7.93. The number of rotatable bonds is 5. The van der Waals surface area contributed by atoms with E-state index in [4.69, 9.17) is 4.74 Å². The van der Waals surface area contributed by atoms with Crippen LogP contribution in [0.4, 0.5) is 5.69 Å². The molecule has 0 aliphatic carbocycles. The van der Waals surface area contributed by atoms with Crippen LogP contribution in [0.25, 0.3) is 5.69 Å². The van der Waals surface area contributed by atoms with Crippen LogP contribution in [-0.4, -0.2) is 32.3 Å². The third-order valence-electron chi connectivity index (χ3n) is 4.09. The molecule has 0 spiro atoms. The molecule has 3 rings (SSSR count). The van der Waals surface area contributed by atoms with Gasteiger partial charge in [-0.25, -0.2) is 4.98 Å². The lowest BCUT2D eigenvalue weighted by molar-refractivity contribution is 0.102. The Morgan fingerprint density at radius 2 is 1.96 bits per heavy atom. The molecule has 7 nitrogen and oxygen atoms in total. The number of aryl methyl sites for hydroxylation is 2. The summed E-state index contributed by atoms with van der Waals surface area (Å²) in [5.41, 5.74) is 4.93. The number of imidazole rings is 1. The van der Waals surface area contributed by atoms with Crippen LogP contribution in [0, 0.1) is 13.8 Å². The Hall–Kier alpha value is -2.93. The zero-order chi connectivity index (χ0) is 18.0. The molecule has 3 aromatic rings. The predicted molar refractivity (Wildman–Crippen MR) is 94.9 cm³/mol. The van der Waals surface area contributed by atoms with Gasteiger partial charge in [0.25, 0.3) is 5.91 Å². The van der Waals surface area contributed by atoms with E-state index in [9.17, 15) is 4.79 Å². The topological polar surface area (TPSA) is 74.0 Å². The van der Waals surface area contributed by atoms with Crippen molar-refractivity contribution in [3.63, 3.8) is 0 Å². The SMILES string of the molecule is COCc1nn(C)cc1C(=O)Nc1ccc(-n2cnc(C)c2C)cc1. The normalized spacial score (nSPS) is 10.9. The molecule has 0 aliphatic rings. The number of hydrogen-bond donors (Lipinski definition) is 1. The van der Waals surface area contributed by atoms with Crippen molar-refractivity contribution in [1.29, 1.82) is 0 Å². The summed E-state index contributed by atoms with van der Waals surface area (Å²) < 4.78 is 8.72. The minimum atomic E-state index is -0.206. The van der Waals surface area contributed by atoms with Crippen molar-refractivity contribution < 1.29 is 9.53 Å². The van der Waals surface area contributed by atoms with Gasteiger partial charge in [-0.05, 0) is 38.1 Å². The fraction of sp³-hybridized carbons (Fsp3) is 0.278. The Bertz CT molecular complexity index is 893. The second-order valence-corrected chi connectivity index (χ2v) is 5.88. The van der Waals surface area contributed by atoms with Crippen LogP contribution in [0.2, 0.25) is 0 Å². The minimum absolute atomic E-state index is 0.206. The third kappa shape index (κ3) is 3.46. The van der Waals surface area contributed by atoms with E-state index in [0.717, 1.165) is 22.8 Å². The number of amides is 1. The molecule has 1 aromatic carbocycles. The largest absolute Gasteiger partial charge is 0.378 e. The van der Waals surface area contributed by atoms with Gasteiger partial charge in [0.05, 0.1) is 24.2 Å².